The molecule has 0 aromatic heterocycles. The van der Waals surface area contributed by atoms with Gasteiger partial charge in [0.05, 0.1) is 0 Å². The maximum Gasteiger partial charge on any atom is 0.0307 e. The fourth-order valence-electron chi connectivity index (χ4n) is 2.62. The molecule has 1 aromatic carbocycles. The molecule has 2 rings (SSSR count). The second-order valence-corrected chi connectivity index (χ2v) is 6.92. The number of nitrogens with two attached hydrogens (primary N) is 1. The van der Waals surface area contributed by atoms with Gasteiger partial charge in [0.1, 0.15) is 0 Å². The molecular weight excluding hydrogens is 252 g/mol. The summed E-state index contributed by atoms with van der Waals surface area (Å²) in [6, 6.07) is 8.78. The van der Waals surface area contributed by atoms with Crippen LogP contribution in [0.4, 0.5) is 0 Å². The summed E-state index contributed by atoms with van der Waals surface area (Å²) in [4.78, 5) is 2.58. The van der Waals surface area contributed by atoms with Crippen molar-refractivity contribution in [3.8, 4) is 0 Å². The van der Waals surface area contributed by atoms with Crippen LogP contribution in [0.15, 0.2) is 24.3 Å². The Balaban J connectivity index is 1.81. The lowest BCUT2D eigenvalue weighted by atomic mass is 10.0. The van der Waals surface area contributed by atoms with Crippen LogP contribution in [-0.2, 0) is 0 Å². The molecule has 2 nitrogen and oxygen atoms in total. The van der Waals surface area contributed by atoms with Gasteiger partial charge in [-0.2, -0.15) is 11.8 Å². The van der Waals surface area contributed by atoms with Gasteiger partial charge in [-0.1, -0.05) is 36.8 Å². The molecule has 2 atom stereocenters. The first-order valence-corrected chi connectivity index (χ1v) is 8.40. The molecule has 1 aliphatic heterocycles. The van der Waals surface area contributed by atoms with Crippen molar-refractivity contribution in [2.75, 3.05) is 25.4 Å². The van der Waals surface area contributed by atoms with Crippen molar-refractivity contribution in [3.05, 3.63) is 35.4 Å². The van der Waals surface area contributed by atoms with Gasteiger partial charge in [0.2, 0.25) is 0 Å². The first-order chi connectivity index (χ1) is 9.19. The zero-order chi connectivity index (χ0) is 13.7. The number of hydrogen-bond donors (Lipinski definition) is 1. The maximum atomic E-state index is 6.32. The third kappa shape index (κ3) is 4.51. The molecule has 0 saturated carbocycles. The minimum absolute atomic E-state index is 0.176. The van der Waals surface area contributed by atoms with Gasteiger partial charge in [-0.05, 0) is 25.3 Å². The molecule has 3 heteroatoms. The van der Waals surface area contributed by atoms with Crippen LogP contribution in [0.25, 0.3) is 0 Å². The predicted molar refractivity (Wildman–Crippen MR) is 85.7 cm³/mol. The summed E-state index contributed by atoms with van der Waals surface area (Å²) >= 11 is 2.13. The van der Waals surface area contributed by atoms with E-state index in [9.17, 15) is 0 Å². The molecule has 1 fully saturated rings. The highest BCUT2D eigenvalue weighted by atomic mass is 32.2. The van der Waals surface area contributed by atoms with Crippen LogP contribution in [0.5, 0.6) is 0 Å². The Morgan fingerprint density at radius 1 is 1.47 bits per heavy atom. The molecule has 2 unspecified atom stereocenters. The van der Waals surface area contributed by atoms with Crippen LogP contribution in [-0.4, -0.2) is 35.5 Å². The number of thioether (sulfide) groups is 1. The van der Waals surface area contributed by atoms with Crippen LogP contribution in [0.1, 0.15) is 36.9 Å². The van der Waals surface area contributed by atoms with Gasteiger partial charge < -0.3 is 10.6 Å². The first kappa shape index (κ1) is 14.9. The summed E-state index contributed by atoms with van der Waals surface area (Å²) < 4.78 is 0. The van der Waals surface area contributed by atoms with E-state index in [4.69, 9.17) is 5.73 Å². The number of nitrogens with zero attached hydrogens (tertiary/aromatic N) is 1. The molecule has 1 heterocycles. The quantitative estimate of drug-likeness (QED) is 0.897. The molecule has 0 aliphatic carbocycles. The van der Waals surface area contributed by atoms with Gasteiger partial charge in [-0.25, -0.2) is 0 Å². The monoisotopic (exact) mass is 278 g/mol. The van der Waals surface area contributed by atoms with Gasteiger partial charge in [0.15, 0.2) is 0 Å². The molecule has 1 aliphatic rings. The molecular formula is C16H26N2S. The van der Waals surface area contributed by atoms with E-state index in [1.165, 1.54) is 36.4 Å². The summed E-state index contributed by atoms with van der Waals surface area (Å²) in [5.74, 6) is 1.28. The molecule has 0 radical (unpaired) electrons. The standard InChI is InChI=1S/C16H26N2S/c1-3-15-12-18(9-10-19-15)8-7-16(17)14-6-4-5-13(2)11-14/h4-6,11,15-16H,3,7-10,12,17H2,1-2H3. The van der Waals surface area contributed by atoms with E-state index in [0.717, 1.165) is 18.2 Å². The third-order valence-corrected chi connectivity index (χ3v) is 5.28. The average molecular weight is 278 g/mol. The molecule has 106 valence electrons. The molecule has 19 heavy (non-hydrogen) atoms. The van der Waals surface area contributed by atoms with Crippen molar-refractivity contribution in [2.45, 2.75) is 38.0 Å². The summed E-state index contributed by atoms with van der Waals surface area (Å²) in [7, 11) is 0. The Labute approximate surface area is 121 Å². The van der Waals surface area contributed by atoms with E-state index < -0.39 is 0 Å². The number of benzene rings is 1. The Bertz CT molecular complexity index is 394. The average Bonchev–Trinajstić information content (AvgIpc) is 2.45. The molecule has 0 amide bonds. The zero-order valence-corrected chi connectivity index (χ0v) is 13.0. The summed E-state index contributed by atoms with van der Waals surface area (Å²) in [6.07, 6.45) is 2.34. The van der Waals surface area contributed by atoms with Gasteiger partial charge in [0.25, 0.3) is 0 Å². The summed E-state index contributed by atoms with van der Waals surface area (Å²) in [5, 5.41) is 0.823. The lowest BCUT2D eigenvalue weighted by Crippen LogP contribution is -2.39. The van der Waals surface area contributed by atoms with Crippen molar-refractivity contribution >= 4 is 11.8 Å². The van der Waals surface area contributed by atoms with Gasteiger partial charge in [-0.15, -0.1) is 0 Å². The Hall–Kier alpha value is -0.510. The van der Waals surface area contributed by atoms with Crippen LogP contribution in [0.2, 0.25) is 0 Å². The SMILES string of the molecule is CCC1CN(CCC(N)c2cccc(C)c2)CCS1. The number of aryl methyl sites for hydroxylation is 1. The number of rotatable bonds is 5. The Kier molecular flexibility index (Phi) is 5.74. The lowest BCUT2D eigenvalue weighted by molar-refractivity contribution is 0.270. The third-order valence-electron chi connectivity index (χ3n) is 3.90. The summed E-state index contributed by atoms with van der Waals surface area (Å²) in [5.41, 5.74) is 8.89. The van der Waals surface area contributed by atoms with E-state index in [1.807, 2.05) is 0 Å². The van der Waals surface area contributed by atoms with Gasteiger partial charge >= 0.3 is 0 Å². The second kappa shape index (κ2) is 7.32. The molecule has 0 spiro atoms. The van der Waals surface area contributed by atoms with Crippen LogP contribution >= 0.6 is 11.8 Å². The summed E-state index contributed by atoms with van der Waals surface area (Å²) in [6.45, 7) is 8.01. The highest BCUT2D eigenvalue weighted by Gasteiger charge is 2.19. The largest absolute Gasteiger partial charge is 0.324 e. The molecule has 0 bridgehead atoms. The van der Waals surface area contributed by atoms with E-state index in [2.05, 4.69) is 54.8 Å². The molecule has 1 aromatic rings. The van der Waals surface area contributed by atoms with Crippen LogP contribution < -0.4 is 5.73 Å². The second-order valence-electron chi connectivity index (χ2n) is 5.51. The van der Waals surface area contributed by atoms with Gasteiger partial charge in [0, 0.05) is 36.7 Å². The minimum Gasteiger partial charge on any atom is -0.324 e. The van der Waals surface area contributed by atoms with Crippen molar-refractivity contribution in [2.24, 2.45) is 5.73 Å². The zero-order valence-electron chi connectivity index (χ0n) is 12.1. The van der Waals surface area contributed by atoms with Gasteiger partial charge in [-0.3, -0.25) is 0 Å². The molecule has 1 saturated heterocycles. The maximum absolute atomic E-state index is 6.32. The van der Waals surface area contributed by atoms with Crippen molar-refractivity contribution in [1.82, 2.24) is 4.90 Å². The normalized spacial score (nSPS) is 22.4. The minimum atomic E-state index is 0.176. The van der Waals surface area contributed by atoms with Crippen LogP contribution in [0.3, 0.4) is 0 Å². The van der Waals surface area contributed by atoms with E-state index in [-0.39, 0.29) is 6.04 Å². The highest BCUT2D eigenvalue weighted by Crippen LogP contribution is 2.22. The Morgan fingerprint density at radius 3 is 3.05 bits per heavy atom. The molecule has 2 N–H and O–H groups in total. The first-order valence-electron chi connectivity index (χ1n) is 7.35. The topological polar surface area (TPSA) is 29.3 Å². The van der Waals surface area contributed by atoms with E-state index in [0.29, 0.717) is 0 Å². The predicted octanol–water partition coefficient (Wildman–Crippen LogP) is 3.21. The van der Waals surface area contributed by atoms with Crippen molar-refractivity contribution in [1.29, 1.82) is 0 Å². The number of hydrogen-bond acceptors (Lipinski definition) is 3. The van der Waals surface area contributed by atoms with Crippen LogP contribution in [0, 0.1) is 6.92 Å². The fourth-order valence-corrected chi connectivity index (χ4v) is 3.87. The van der Waals surface area contributed by atoms with E-state index in [1.54, 1.807) is 0 Å². The van der Waals surface area contributed by atoms with Crippen molar-refractivity contribution < 1.29 is 0 Å². The smallest absolute Gasteiger partial charge is 0.0307 e. The lowest BCUT2D eigenvalue weighted by Gasteiger charge is -2.32. The highest BCUT2D eigenvalue weighted by molar-refractivity contribution is 8.00. The Morgan fingerprint density at radius 2 is 2.32 bits per heavy atom. The van der Waals surface area contributed by atoms with Crippen molar-refractivity contribution in [3.63, 3.8) is 0 Å². The van der Waals surface area contributed by atoms with E-state index >= 15 is 0 Å². The fraction of sp³-hybridized carbons (Fsp3) is 0.625.